The lowest BCUT2D eigenvalue weighted by Crippen LogP contribution is -2.05. The highest BCUT2D eigenvalue weighted by atomic mass is 35.5. The van der Waals surface area contributed by atoms with Crippen molar-refractivity contribution in [3.05, 3.63) is 28.9 Å². The number of nitrogens with zero attached hydrogens (tertiary/aromatic N) is 1. The first kappa shape index (κ1) is 12.6. The minimum absolute atomic E-state index is 0.0423. The molecule has 2 rings (SSSR count). The summed E-state index contributed by atoms with van der Waals surface area (Å²) in [6, 6.07) is 1.42. The number of hydrogen-bond donors (Lipinski definition) is 3. The number of H-pyrrole nitrogens is 1. The fraction of sp³-hybridized carbons (Fsp3) is 0.100. The van der Waals surface area contributed by atoms with Gasteiger partial charge >= 0.3 is 6.18 Å². The van der Waals surface area contributed by atoms with Gasteiger partial charge in [-0.3, -0.25) is 5.10 Å². The minimum Gasteiger partial charge on any atom is -0.506 e. The van der Waals surface area contributed by atoms with Crippen molar-refractivity contribution in [2.75, 3.05) is 5.73 Å². The van der Waals surface area contributed by atoms with Gasteiger partial charge in [-0.05, 0) is 12.1 Å². The van der Waals surface area contributed by atoms with E-state index in [-0.39, 0.29) is 16.9 Å². The molecule has 0 atom stereocenters. The second kappa shape index (κ2) is 4.09. The van der Waals surface area contributed by atoms with Gasteiger partial charge in [0, 0.05) is 11.1 Å². The molecule has 96 valence electrons. The lowest BCUT2D eigenvalue weighted by Gasteiger charge is -2.11. The summed E-state index contributed by atoms with van der Waals surface area (Å²) in [5.74, 6) is -0.432. The molecule has 0 bridgehead atoms. The molecular formula is C10H7ClF3N3O. The summed E-state index contributed by atoms with van der Waals surface area (Å²) >= 11 is 5.57. The number of rotatable bonds is 1. The fourth-order valence-corrected chi connectivity index (χ4v) is 1.70. The molecule has 0 spiro atoms. The Bertz CT molecular complexity index is 595. The number of benzene rings is 1. The third kappa shape index (κ3) is 2.08. The molecule has 0 amide bonds. The number of nitrogens with one attached hydrogen (secondary N) is 1. The van der Waals surface area contributed by atoms with Crippen molar-refractivity contribution >= 4 is 17.4 Å². The van der Waals surface area contributed by atoms with Gasteiger partial charge in [-0.2, -0.15) is 18.3 Å². The number of phenols is 1. The molecule has 4 nitrogen and oxygen atoms in total. The third-order valence-electron chi connectivity index (χ3n) is 2.35. The molecule has 0 saturated heterocycles. The van der Waals surface area contributed by atoms with Crippen LogP contribution in [0.1, 0.15) is 5.56 Å². The molecule has 0 fully saturated rings. The van der Waals surface area contributed by atoms with Crippen LogP contribution in [0.25, 0.3) is 11.1 Å². The third-order valence-corrected chi connectivity index (χ3v) is 2.64. The quantitative estimate of drug-likeness (QED) is 0.750. The summed E-state index contributed by atoms with van der Waals surface area (Å²) in [4.78, 5) is 0. The highest BCUT2D eigenvalue weighted by molar-refractivity contribution is 6.32. The van der Waals surface area contributed by atoms with E-state index in [9.17, 15) is 18.3 Å². The normalized spacial score (nSPS) is 11.8. The summed E-state index contributed by atoms with van der Waals surface area (Å²) in [5.41, 5.74) is 4.56. The van der Waals surface area contributed by atoms with Gasteiger partial charge in [0.15, 0.2) is 0 Å². The van der Waals surface area contributed by atoms with Crippen LogP contribution in [0.4, 0.5) is 19.0 Å². The second-order valence-electron chi connectivity index (χ2n) is 3.55. The van der Waals surface area contributed by atoms with E-state index < -0.39 is 22.5 Å². The van der Waals surface area contributed by atoms with Gasteiger partial charge in [0.05, 0.1) is 16.8 Å². The molecule has 4 N–H and O–H groups in total. The van der Waals surface area contributed by atoms with Crippen molar-refractivity contribution in [1.29, 1.82) is 0 Å². The van der Waals surface area contributed by atoms with Crippen molar-refractivity contribution in [3.63, 3.8) is 0 Å². The Hall–Kier alpha value is -1.89. The predicted octanol–water partition coefficient (Wildman–Crippen LogP) is 3.04. The van der Waals surface area contributed by atoms with E-state index in [4.69, 9.17) is 17.3 Å². The first-order valence-electron chi connectivity index (χ1n) is 4.69. The maximum absolute atomic E-state index is 12.6. The van der Waals surface area contributed by atoms with Crippen molar-refractivity contribution in [2.45, 2.75) is 6.18 Å². The van der Waals surface area contributed by atoms with Gasteiger partial charge in [-0.1, -0.05) is 11.6 Å². The number of aromatic amines is 1. The molecule has 0 aliphatic heterocycles. The molecule has 1 aromatic carbocycles. The lowest BCUT2D eigenvalue weighted by molar-refractivity contribution is -0.137. The molecule has 2 aromatic rings. The van der Waals surface area contributed by atoms with Crippen LogP contribution in [-0.4, -0.2) is 15.3 Å². The van der Waals surface area contributed by atoms with Gasteiger partial charge in [0.25, 0.3) is 0 Å². The summed E-state index contributed by atoms with van der Waals surface area (Å²) in [6.45, 7) is 0. The highest BCUT2D eigenvalue weighted by Crippen LogP contribution is 2.42. The Morgan fingerprint density at radius 1 is 1.28 bits per heavy atom. The Kier molecular flexibility index (Phi) is 2.86. The molecule has 0 aliphatic rings. The summed E-state index contributed by atoms with van der Waals surface area (Å²) in [6.07, 6.45) is -3.36. The molecule has 0 radical (unpaired) electrons. The number of aromatic hydroxyl groups is 1. The van der Waals surface area contributed by atoms with E-state index in [0.717, 1.165) is 6.07 Å². The van der Waals surface area contributed by atoms with Crippen LogP contribution in [0.5, 0.6) is 5.75 Å². The molecule has 1 aromatic heterocycles. The summed E-state index contributed by atoms with van der Waals surface area (Å²) in [5, 5.41) is 15.2. The average molecular weight is 278 g/mol. The maximum Gasteiger partial charge on any atom is 0.416 e. The van der Waals surface area contributed by atoms with Gasteiger partial charge in [-0.25, -0.2) is 0 Å². The van der Waals surface area contributed by atoms with Crippen LogP contribution in [0, 0.1) is 0 Å². The number of anilines is 1. The molecule has 0 aliphatic carbocycles. The largest absolute Gasteiger partial charge is 0.506 e. The van der Waals surface area contributed by atoms with Crippen LogP contribution in [0.3, 0.4) is 0 Å². The molecule has 18 heavy (non-hydrogen) atoms. The Labute approximate surface area is 104 Å². The number of hydrogen-bond acceptors (Lipinski definition) is 3. The molecule has 8 heteroatoms. The van der Waals surface area contributed by atoms with E-state index in [0.29, 0.717) is 6.07 Å². The van der Waals surface area contributed by atoms with E-state index >= 15 is 0 Å². The molecule has 1 heterocycles. The Balaban J connectivity index is 2.68. The number of alkyl halides is 3. The number of aromatic nitrogens is 2. The monoisotopic (exact) mass is 277 g/mol. The Morgan fingerprint density at radius 3 is 2.44 bits per heavy atom. The Morgan fingerprint density at radius 2 is 1.94 bits per heavy atom. The highest BCUT2D eigenvalue weighted by Gasteiger charge is 2.32. The smallest absolute Gasteiger partial charge is 0.416 e. The van der Waals surface area contributed by atoms with Crippen LogP contribution >= 0.6 is 11.6 Å². The van der Waals surface area contributed by atoms with Gasteiger partial charge in [0.2, 0.25) is 0 Å². The zero-order chi connectivity index (χ0) is 13.5. The van der Waals surface area contributed by atoms with E-state index in [1.165, 1.54) is 6.20 Å². The van der Waals surface area contributed by atoms with Gasteiger partial charge in [0.1, 0.15) is 11.6 Å². The van der Waals surface area contributed by atoms with E-state index in [2.05, 4.69) is 10.2 Å². The second-order valence-corrected chi connectivity index (χ2v) is 3.96. The van der Waals surface area contributed by atoms with Gasteiger partial charge < -0.3 is 10.8 Å². The van der Waals surface area contributed by atoms with Crippen molar-refractivity contribution < 1.29 is 18.3 Å². The first-order valence-corrected chi connectivity index (χ1v) is 5.07. The number of nitrogens with two attached hydrogens (primary N) is 1. The lowest BCUT2D eigenvalue weighted by atomic mass is 10.0. The van der Waals surface area contributed by atoms with Crippen LogP contribution in [0.2, 0.25) is 5.02 Å². The van der Waals surface area contributed by atoms with E-state index in [1.807, 2.05) is 0 Å². The minimum atomic E-state index is -4.56. The molecule has 0 saturated carbocycles. The van der Waals surface area contributed by atoms with Crippen LogP contribution in [0.15, 0.2) is 18.3 Å². The van der Waals surface area contributed by atoms with Gasteiger partial charge in [-0.15, -0.1) is 0 Å². The average Bonchev–Trinajstić information content (AvgIpc) is 2.67. The van der Waals surface area contributed by atoms with Crippen molar-refractivity contribution in [1.82, 2.24) is 10.2 Å². The first-order chi connectivity index (χ1) is 8.30. The van der Waals surface area contributed by atoms with Crippen molar-refractivity contribution in [3.8, 4) is 16.9 Å². The predicted molar refractivity (Wildman–Crippen MR) is 60.1 cm³/mol. The van der Waals surface area contributed by atoms with E-state index in [1.54, 1.807) is 0 Å². The van der Waals surface area contributed by atoms with Crippen LogP contribution in [-0.2, 0) is 6.18 Å². The summed E-state index contributed by atoms with van der Waals surface area (Å²) < 4.78 is 37.9. The number of halogens is 4. The topological polar surface area (TPSA) is 74.9 Å². The summed E-state index contributed by atoms with van der Waals surface area (Å²) in [7, 11) is 0. The van der Waals surface area contributed by atoms with Crippen LogP contribution < -0.4 is 5.73 Å². The zero-order valence-corrected chi connectivity index (χ0v) is 9.47. The van der Waals surface area contributed by atoms with Crippen molar-refractivity contribution in [2.24, 2.45) is 0 Å². The fourth-order valence-electron chi connectivity index (χ4n) is 1.48. The SMILES string of the molecule is Nc1[nH]ncc1-c1cc(C(F)(F)F)cc(Cl)c1O. The molecule has 0 unspecified atom stereocenters. The molecular weight excluding hydrogens is 271 g/mol. The number of nitrogen functional groups attached to an aromatic ring is 1. The zero-order valence-electron chi connectivity index (χ0n) is 8.72. The maximum atomic E-state index is 12.6. The standard InChI is InChI=1S/C10H7ClF3N3O/c11-7-2-4(10(12,13)14)1-5(8(7)18)6-3-16-17-9(6)15/h1-3,18H,(H3,15,16,17). The number of phenolic OH excluding ortho intramolecular Hbond substituents is 1.